The Bertz CT molecular complexity index is 1600. The van der Waals surface area contributed by atoms with Gasteiger partial charge in [0.15, 0.2) is 10.6 Å². The van der Waals surface area contributed by atoms with Crippen molar-refractivity contribution in [1.82, 2.24) is 4.57 Å². The molecule has 0 saturated heterocycles. The number of hydrogen-bond donors (Lipinski definition) is 1. The number of fused-ring (bicyclic) bond motifs is 1. The van der Waals surface area contributed by atoms with Crippen LogP contribution in [0.25, 0.3) is 6.08 Å². The first-order valence-electron chi connectivity index (χ1n) is 11.1. The maximum absolute atomic E-state index is 13.7. The fraction of sp³-hybridized carbons (Fsp3) is 0.240. The highest BCUT2D eigenvalue weighted by molar-refractivity contribution is 7.07. The molecule has 2 aromatic carbocycles. The van der Waals surface area contributed by atoms with Gasteiger partial charge in [-0.05, 0) is 49.2 Å². The Kier molecular flexibility index (Phi) is 7.11. The molecule has 0 bridgehead atoms. The second kappa shape index (κ2) is 10.3. The molecule has 1 aliphatic heterocycles. The number of phenolic OH excluding ortho intramolecular Hbond substituents is 1. The van der Waals surface area contributed by atoms with Crippen molar-refractivity contribution in [2.75, 3.05) is 20.8 Å². The monoisotopic (exact) mass is 525 g/mol. The third kappa shape index (κ3) is 4.70. The lowest BCUT2D eigenvalue weighted by Crippen LogP contribution is -2.39. The molecule has 3 aromatic rings. The summed E-state index contributed by atoms with van der Waals surface area (Å²) in [5, 5.41) is 21.5. The van der Waals surface area contributed by atoms with E-state index in [0.29, 0.717) is 21.8 Å². The molecular formula is C25H23N3O8S. The number of thiazole rings is 1. The summed E-state index contributed by atoms with van der Waals surface area (Å²) in [5.74, 6) is -0.694. The number of benzene rings is 2. The lowest BCUT2D eigenvalue weighted by molar-refractivity contribution is -0.386. The number of aromatic nitrogens is 1. The first-order valence-corrected chi connectivity index (χ1v) is 11.9. The number of methoxy groups -OCH3 is 2. The van der Waals surface area contributed by atoms with Gasteiger partial charge in [0.2, 0.25) is 5.75 Å². The molecule has 1 N–H and O–H groups in total. The van der Waals surface area contributed by atoms with Gasteiger partial charge in [-0.3, -0.25) is 19.5 Å². The van der Waals surface area contributed by atoms with Gasteiger partial charge in [0, 0.05) is 6.07 Å². The van der Waals surface area contributed by atoms with Crippen molar-refractivity contribution < 1.29 is 29.0 Å². The summed E-state index contributed by atoms with van der Waals surface area (Å²) in [4.78, 5) is 42.1. The molecule has 0 aliphatic carbocycles. The van der Waals surface area contributed by atoms with Gasteiger partial charge in [0.25, 0.3) is 5.56 Å². The van der Waals surface area contributed by atoms with Crippen LogP contribution >= 0.6 is 11.3 Å². The summed E-state index contributed by atoms with van der Waals surface area (Å²) in [6, 6.07) is 8.69. The van der Waals surface area contributed by atoms with Gasteiger partial charge in [-0.25, -0.2) is 9.79 Å². The van der Waals surface area contributed by atoms with Crippen LogP contribution in [0, 0.1) is 10.1 Å². The molecule has 11 nitrogen and oxygen atoms in total. The van der Waals surface area contributed by atoms with Crippen LogP contribution in [0.15, 0.2) is 57.5 Å². The van der Waals surface area contributed by atoms with Crippen molar-refractivity contribution in [2.24, 2.45) is 4.99 Å². The molecule has 0 unspecified atom stereocenters. The minimum atomic E-state index is -0.813. The van der Waals surface area contributed by atoms with E-state index in [1.165, 1.54) is 30.9 Å². The number of rotatable bonds is 7. The van der Waals surface area contributed by atoms with Crippen molar-refractivity contribution in [2.45, 2.75) is 19.9 Å². The number of nitro benzene ring substituents is 1. The van der Waals surface area contributed by atoms with E-state index in [4.69, 9.17) is 14.2 Å². The fourth-order valence-electron chi connectivity index (χ4n) is 4.04. The zero-order valence-corrected chi connectivity index (χ0v) is 21.2. The second-order valence-corrected chi connectivity index (χ2v) is 8.93. The Balaban J connectivity index is 1.95. The van der Waals surface area contributed by atoms with E-state index in [0.717, 1.165) is 17.4 Å². The number of hydrogen-bond acceptors (Lipinski definition) is 10. The summed E-state index contributed by atoms with van der Waals surface area (Å²) >= 11 is 1.07. The van der Waals surface area contributed by atoms with E-state index in [1.54, 1.807) is 38.1 Å². The number of phenols is 1. The number of aromatic hydroxyl groups is 1. The number of esters is 1. The van der Waals surface area contributed by atoms with Gasteiger partial charge in [0.1, 0.15) is 5.75 Å². The third-order valence-electron chi connectivity index (χ3n) is 5.74. The third-order valence-corrected chi connectivity index (χ3v) is 6.72. The summed E-state index contributed by atoms with van der Waals surface area (Å²) in [7, 11) is 2.81. The summed E-state index contributed by atoms with van der Waals surface area (Å²) in [5.41, 5.74) is 0.548. The Morgan fingerprint density at radius 1 is 1.24 bits per heavy atom. The number of carbonyl (C=O) groups is 1. The maximum Gasteiger partial charge on any atom is 0.338 e. The highest BCUT2D eigenvalue weighted by atomic mass is 32.1. The normalized spacial score (nSPS) is 15.1. The van der Waals surface area contributed by atoms with Crippen molar-refractivity contribution in [1.29, 1.82) is 0 Å². The molecule has 1 atom stereocenters. The molecule has 4 rings (SSSR count). The van der Waals surface area contributed by atoms with E-state index in [9.17, 15) is 24.8 Å². The van der Waals surface area contributed by atoms with Gasteiger partial charge in [-0.2, -0.15) is 0 Å². The van der Waals surface area contributed by atoms with Crippen molar-refractivity contribution in [3.63, 3.8) is 0 Å². The number of nitro groups is 1. The van der Waals surface area contributed by atoms with Gasteiger partial charge < -0.3 is 19.3 Å². The van der Waals surface area contributed by atoms with Crippen LogP contribution in [0.5, 0.6) is 17.2 Å². The number of nitrogens with zero attached hydrogens (tertiary/aromatic N) is 3. The lowest BCUT2D eigenvalue weighted by atomic mass is 9.96. The molecule has 0 fully saturated rings. The van der Waals surface area contributed by atoms with E-state index >= 15 is 0 Å². The topological polar surface area (TPSA) is 142 Å². The van der Waals surface area contributed by atoms with Crippen LogP contribution in [0.2, 0.25) is 0 Å². The van der Waals surface area contributed by atoms with Gasteiger partial charge in [-0.1, -0.05) is 23.5 Å². The number of ether oxygens (including phenoxy) is 3. The summed E-state index contributed by atoms with van der Waals surface area (Å²) < 4.78 is 17.2. The zero-order chi connectivity index (χ0) is 26.9. The first kappa shape index (κ1) is 25.6. The van der Waals surface area contributed by atoms with Crippen LogP contribution in [-0.4, -0.2) is 41.4 Å². The van der Waals surface area contributed by atoms with Gasteiger partial charge in [-0.15, -0.1) is 0 Å². The Morgan fingerprint density at radius 3 is 2.54 bits per heavy atom. The Morgan fingerprint density at radius 2 is 1.95 bits per heavy atom. The summed E-state index contributed by atoms with van der Waals surface area (Å²) in [6.45, 7) is 3.52. The largest absolute Gasteiger partial charge is 0.500 e. The maximum atomic E-state index is 13.7. The van der Waals surface area contributed by atoms with E-state index in [1.807, 2.05) is 0 Å². The minimum absolute atomic E-state index is 0.107. The molecular weight excluding hydrogens is 502 g/mol. The van der Waals surface area contributed by atoms with E-state index < -0.39 is 33.9 Å². The number of carbonyl (C=O) groups excluding carboxylic acids is 1. The Hall–Kier alpha value is -4.45. The second-order valence-electron chi connectivity index (χ2n) is 7.92. The highest BCUT2D eigenvalue weighted by Gasteiger charge is 2.33. The van der Waals surface area contributed by atoms with Crippen molar-refractivity contribution in [3.8, 4) is 17.2 Å². The average Bonchev–Trinajstić information content (AvgIpc) is 3.18. The van der Waals surface area contributed by atoms with Crippen LogP contribution in [-0.2, 0) is 9.53 Å². The number of allylic oxidation sites excluding steroid dienone is 1. The average molecular weight is 526 g/mol. The van der Waals surface area contributed by atoms with E-state index in [-0.39, 0.29) is 28.0 Å². The quantitative estimate of drug-likeness (QED) is 0.282. The predicted molar refractivity (Wildman–Crippen MR) is 135 cm³/mol. The van der Waals surface area contributed by atoms with Crippen molar-refractivity contribution >= 4 is 29.1 Å². The molecule has 2 heterocycles. The minimum Gasteiger partial charge on any atom is -0.500 e. The molecule has 1 aromatic heterocycles. The predicted octanol–water partition coefficient (Wildman–Crippen LogP) is 2.43. The molecule has 0 spiro atoms. The van der Waals surface area contributed by atoms with Gasteiger partial charge >= 0.3 is 11.7 Å². The molecule has 12 heteroatoms. The molecule has 37 heavy (non-hydrogen) atoms. The zero-order valence-electron chi connectivity index (χ0n) is 20.4. The van der Waals surface area contributed by atoms with Gasteiger partial charge in [0.05, 0.1) is 47.6 Å². The van der Waals surface area contributed by atoms with Crippen LogP contribution in [0.4, 0.5) is 5.69 Å². The lowest BCUT2D eigenvalue weighted by Gasteiger charge is -2.24. The smallest absolute Gasteiger partial charge is 0.338 e. The SMILES string of the molecule is CCOC(=O)C1=C(C)N=c2s/c(=C\c3cc(OC)c(O)c([N+](=O)[O-])c3)c(=O)n2[C@@H]1c1ccc(OC)cc1. The van der Waals surface area contributed by atoms with Crippen LogP contribution in [0.1, 0.15) is 31.0 Å². The molecule has 1 aliphatic rings. The van der Waals surface area contributed by atoms with Crippen molar-refractivity contribution in [3.05, 3.63) is 88.6 Å². The Labute approximate surface area is 214 Å². The molecule has 192 valence electrons. The molecule has 0 radical (unpaired) electrons. The highest BCUT2D eigenvalue weighted by Crippen LogP contribution is 2.37. The summed E-state index contributed by atoms with van der Waals surface area (Å²) in [6.07, 6.45) is 1.45. The molecule has 0 amide bonds. The standard InChI is InChI=1S/C25H23N3O8S/c1-5-36-24(31)20-13(2)26-25-27(21(20)15-6-8-16(34-3)9-7-15)23(30)19(37-25)12-14-10-17(28(32)33)22(29)18(11-14)35-4/h6-12,21,29H,5H2,1-4H3/b19-12-/t21-/m1/s1. The van der Waals surface area contributed by atoms with Crippen LogP contribution in [0.3, 0.4) is 0 Å². The van der Waals surface area contributed by atoms with Crippen LogP contribution < -0.4 is 24.4 Å². The first-order chi connectivity index (χ1) is 17.7. The molecule has 0 saturated carbocycles. The fourth-order valence-corrected chi connectivity index (χ4v) is 5.08. The van der Waals surface area contributed by atoms with E-state index in [2.05, 4.69) is 4.99 Å².